The lowest BCUT2D eigenvalue weighted by atomic mass is 10.2. The van der Waals surface area contributed by atoms with Crippen molar-refractivity contribution < 1.29 is 9.53 Å². The number of hydrogen-bond acceptors (Lipinski definition) is 6. The van der Waals surface area contributed by atoms with E-state index in [4.69, 9.17) is 4.74 Å². The number of nitrogens with one attached hydrogen (secondary N) is 2. The fourth-order valence-electron chi connectivity index (χ4n) is 3.70. The molecular weight excluding hydrogens is 426 g/mol. The molecule has 1 amide bonds. The summed E-state index contributed by atoms with van der Waals surface area (Å²) >= 11 is 1.50. The van der Waals surface area contributed by atoms with Gasteiger partial charge in [-0.1, -0.05) is 12.1 Å². The summed E-state index contributed by atoms with van der Waals surface area (Å²) in [4.78, 5) is 38.9. The molecule has 0 fully saturated rings. The van der Waals surface area contributed by atoms with Gasteiger partial charge in [0.15, 0.2) is 0 Å². The predicted octanol–water partition coefficient (Wildman–Crippen LogP) is 3.95. The second-order valence-corrected chi connectivity index (χ2v) is 8.85. The van der Waals surface area contributed by atoms with Crippen LogP contribution in [0.5, 0.6) is 0 Å². The lowest BCUT2D eigenvalue weighted by Crippen LogP contribution is -2.18. The van der Waals surface area contributed by atoms with Crippen LogP contribution in [0.3, 0.4) is 0 Å². The standard InChI is InChI=1S/C23H27N5O3S/c1-4-31-13-7-12-28-17-9-6-5-8-16(17)24-23(28)27-19(29)11-10-18-25-21(30)20-14(2)15(3)32-22(20)26-18/h5-6,8-9H,4,7,10-13H2,1-3H3,(H,24,27,29)(H,25,26,30). The average Bonchev–Trinajstić information content (AvgIpc) is 3.26. The number of anilines is 1. The molecule has 0 radical (unpaired) electrons. The number of aryl methyl sites for hydroxylation is 4. The molecule has 3 aromatic heterocycles. The Morgan fingerprint density at radius 2 is 2.06 bits per heavy atom. The van der Waals surface area contributed by atoms with Crippen LogP contribution in [0.4, 0.5) is 5.95 Å². The highest BCUT2D eigenvalue weighted by atomic mass is 32.1. The highest BCUT2D eigenvalue weighted by Crippen LogP contribution is 2.26. The number of ether oxygens (including phenoxy) is 1. The fourth-order valence-corrected chi connectivity index (χ4v) is 4.75. The van der Waals surface area contributed by atoms with Crippen molar-refractivity contribution in [3.05, 3.63) is 50.9 Å². The molecule has 1 aromatic carbocycles. The molecule has 0 bridgehead atoms. The quantitative estimate of drug-likeness (QED) is 0.374. The smallest absolute Gasteiger partial charge is 0.259 e. The summed E-state index contributed by atoms with van der Waals surface area (Å²) in [7, 11) is 0. The first-order chi connectivity index (χ1) is 15.5. The third-order valence-electron chi connectivity index (χ3n) is 5.46. The highest BCUT2D eigenvalue weighted by Gasteiger charge is 2.15. The zero-order valence-electron chi connectivity index (χ0n) is 18.5. The third kappa shape index (κ3) is 4.58. The van der Waals surface area contributed by atoms with Crippen molar-refractivity contribution in [1.82, 2.24) is 19.5 Å². The number of benzene rings is 1. The zero-order valence-corrected chi connectivity index (χ0v) is 19.3. The van der Waals surface area contributed by atoms with Gasteiger partial charge in [0.05, 0.1) is 16.4 Å². The number of imidazole rings is 1. The van der Waals surface area contributed by atoms with Gasteiger partial charge in [0.1, 0.15) is 10.7 Å². The van der Waals surface area contributed by atoms with Gasteiger partial charge in [-0.05, 0) is 44.9 Å². The van der Waals surface area contributed by atoms with Crippen LogP contribution in [-0.2, 0) is 22.5 Å². The fraction of sp³-hybridized carbons (Fsp3) is 0.391. The van der Waals surface area contributed by atoms with Crippen LogP contribution < -0.4 is 10.9 Å². The lowest BCUT2D eigenvalue weighted by molar-refractivity contribution is -0.116. The number of rotatable bonds is 9. The Labute approximate surface area is 189 Å². The van der Waals surface area contributed by atoms with E-state index in [1.54, 1.807) is 0 Å². The van der Waals surface area contributed by atoms with E-state index in [9.17, 15) is 9.59 Å². The molecule has 3 heterocycles. The molecule has 0 unspecified atom stereocenters. The van der Waals surface area contributed by atoms with Gasteiger partial charge in [0.2, 0.25) is 11.9 Å². The SMILES string of the molecule is CCOCCCn1c(NC(=O)CCc2nc3sc(C)c(C)c3c(=O)[nH]2)nc2ccccc21. The number of thiophene rings is 1. The number of H-pyrrole nitrogens is 1. The van der Waals surface area contributed by atoms with E-state index in [1.165, 1.54) is 11.3 Å². The molecule has 32 heavy (non-hydrogen) atoms. The van der Waals surface area contributed by atoms with Crippen LogP contribution in [-0.4, -0.2) is 38.6 Å². The number of amides is 1. The van der Waals surface area contributed by atoms with Gasteiger partial charge in [-0.2, -0.15) is 0 Å². The normalized spacial score (nSPS) is 11.5. The van der Waals surface area contributed by atoms with Crippen molar-refractivity contribution in [2.45, 2.75) is 46.6 Å². The van der Waals surface area contributed by atoms with Gasteiger partial charge in [-0.15, -0.1) is 11.3 Å². The largest absolute Gasteiger partial charge is 0.382 e. The summed E-state index contributed by atoms with van der Waals surface area (Å²) in [5.74, 6) is 0.867. The maximum Gasteiger partial charge on any atom is 0.259 e. The number of carbonyl (C=O) groups excluding carboxylic acids is 1. The Kier molecular flexibility index (Phi) is 6.66. The van der Waals surface area contributed by atoms with E-state index in [0.717, 1.165) is 32.7 Å². The third-order valence-corrected chi connectivity index (χ3v) is 6.56. The highest BCUT2D eigenvalue weighted by molar-refractivity contribution is 7.18. The molecule has 2 N–H and O–H groups in total. The molecule has 0 aliphatic carbocycles. The Morgan fingerprint density at radius 3 is 2.88 bits per heavy atom. The molecule has 0 saturated heterocycles. The molecule has 4 rings (SSSR count). The van der Waals surface area contributed by atoms with Crippen molar-refractivity contribution in [3.8, 4) is 0 Å². The van der Waals surface area contributed by atoms with Crippen LogP contribution in [0.25, 0.3) is 21.3 Å². The molecule has 9 heteroatoms. The molecule has 168 valence electrons. The van der Waals surface area contributed by atoms with Crippen molar-refractivity contribution in [2.24, 2.45) is 0 Å². The second-order valence-electron chi connectivity index (χ2n) is 7.65. The molecule has 8 nitrogen and oxygen atoms in total. The van der Waals surface area contributed by atoms with Gasteiger partial charge < -0.3 is 14.3 Å². The molecule has 0 spiro atoms. The van der Waals surface area contributed by atoms with Crippen LogP contribution in [0, 0.1) is 13.8 Å². The summed E-state index contributed by atoms with van der Waals surface area (Å²) < 4.78 is 7.45. The maximum absolute atomic E-state index is 12.7. The van der Waals surface area contributed by atoms with Gasteiger partial charge >= 0.3 is 0 Å². The Morgan fingerprint density at radius 1 is 1.25 bits per heavy atom. The molecule has 4 aromatic rings. The first-order valence-electron chi connectivity index (χ1n) is 10.8. The number of hydrogen-bond donors (Lipinski definition) is 2. The van der Waals surface area contributed by atoms with E-state index in [-0.39, 0.29) is 17.9 Å². The van der Waals surface area contributed by atoms with Crippen molar-refractivity contribution in [3.63, 3.8) is 0 Å². The van der Waals surface area contributed by atoms with Crippen molar-refractivity contribution in [1.29, 1.82) is 0 Å². The Balaban J connectivity index is 1.47. The molecule has 0 aliphatic heterocycles. The number of nitrogens with zero attached hydrogens (tertiary/aromatic N) is 3. The minimum atomic E-state index is -0.173. The van der Waals surface area contributed by atoms with Gasteiger partial charge in [0.25, 0.3) is 5.56 Å². The van der Waals surface area contributed by atoms with Crippen LogP contribution in [0.2, 0.25) is 0 Å². The average molecular weight is 454 g/mol. The Hall–Kier alpha value is -3.04. The van der Waals surface area contributed by atoms with Gasteiger partial charge in [0, 0.05) is 37.5 Å². The number of para-hydroxylation sites is 2. The predicted molar refractivity (Wildman–Crippen MR) is 128 cm³/mol. The second kappa shape index (κ2) is 9.62. The monoisotopic (exact) mass is 453 g/mol. The number of aromatic nitrogens is 4. The van der Waals surface area contributed by atoms with Crippen molar-refractivity contribution >= 4 is 44.4 Å². The topological polar surface area (TPSA) is 102 Å². The van der Waals surface area contributed by atoms with E-state index in [1.807, 2.05) is 49.6 Å². The lowest BCUT2D eigenvalue weighted by Gasteiger charge is -2.10. The van der Waals surface area contributed by atoms with Crippen LogP contribution >= 0.6 is 11.3 Å². The minimum absolute atomic E-state index is 0.150. The van der Waals surface area contributed by atoms with E-state index in [0.29, 0.717) is 43.3 Å². The maximum atomic E-state index is 12.7. The van der Waals surface area contributed by atoms with Crippen molar-refractivity contribution in [2.75, 3.05) is 18.5 Å². The molecular formula is C23H27N5O3S. The van der Waals surface area contributed by atoms with Gasteiger partial charge in [-0.3, -0.25) is 14.9 Å². The summed E-state index contributed by atoms with van der Waals surface area (Å²) in [5, 5.41) is 3.57. The van der Waals surface area contributed by atoms with E-state index < -0.39 is 0 Å². The minimum Gasteiger partial charge on any atom is -0.382 e. The van der Waals surface area contributed by atoms with Gasteiger partial charge in [-0.25, -0.2) is 9.97 Å². The molecule has 0 aliphatic rings. The van der Waals surface area contributed by atoms with E-state index in [2.05, 4.69) is 20.3 Å². The zero-order chi connectivity index (χ0) is 22.7. The molecule has 0 atom stereocenters. The first-order valence-corrected chi connectivity index (χ1v) is 11.6. The molecule has 0 saturated carbocycles. The van der Waals surface area contributed by atoms with E-state index >= 15 is 0 Å². The summed E-state index contributed by atoms with van der Waals surface area (Å²) in [6, 6.07) is 7.81. The van der Waals surface area contributed by atoms with Crippen LogP contribution in [0.1, 0.15) is 36.0 Å². The summed E-state index contributed by atoms with van der Waals surface area (Å²) in [6.07, 6.45) is 1.36. The number of fused-ring (bicyclic) bond motifs is 2. The summed E-state index contributed by atoms with van der Waals surface area (Å²) in [5.41, 5.74) is 2.62. The number of carbonyl (C=O) groups is 1. The van der Waals surface area contributed by atoms with Crippen LogP contribution in [0.15, 0.2) is 29.1 Å². The summed E-state index contributed by atoms with van der Waals surface area (Å²) in [6.45, 7) is 7.91. The number of aromatic amines is 1. The first kappa shape index (κ1) is 22.2. The Bertz CT molecular complexity index is 1320.